The summed E-state index contributed by atoms with van der Waals surface area (Å²) < 4.78 is 55.5. The quantitative estimate of drug-likeness (QED) is 0.345. The molecule has 0 aromatic heterocycles. The fraction of sp³-hybridized carbons (Fsp3) is 1.00. The minimum Gasteiger partial charge on any atom is -0.756 e. The highest BCUT2D eigenvalue weighted by atomic mass is 31.3. The van der Waals surface area contributed by atoms with Crippen LogP contribution in [0.4, 0.5) is 0 Å². The van der Waals surface area contributed by atoms with Crippen LogP contribution < -0.4 is 14.7 Å². The van der Waals surface area contributed by atoms with Gasteiger partial charge in [0.25, 0.3) is 23.5 Å². The normalized spacial score (nSPS) is 35.3. The van der Waals surface area contributed by atoms with E-state index >= 15 is 0 Å². The van der Waals surface area contributed by atoms with Crippen LogP contribution in [0.5, 0.6) is 0 Å². The lowest BCUT2D eigenvalue weighted by atomic mass is 9.76. The Labute approximate surface area is 158 Å². The van der Waals surface area contributed by atoms with Crippen LogP contribution in [-0.4, -0.2) is 45.3 Å². The summed E-state index contributed by atoms with van der Waals surface area (Å²) in [6.45, 7) is 1.30. The molecule has 7 atom stereocenters. The number of phosphoric ester groups is 1. The van der Waals surface area contributed by atoms with E-state index in [0.717, 1.165) is 19.3 Å². The number of ether oxygens (including phenoxy) is 2. The first-order valence-electron chi connectivity index (χ1n) is 7.75. The molecule has 2 aliphatic rings. The zero-order valence-electron chi connectivity index (χ0n) is 14.6. The van der Waals surface area contributed by atoms with Crippen LogP contribution in [0, 0.1) is 11.8 Å². The third kappa shape index (κ3) is 7.30. The molecule has 0 aromatic rings. The first-order valence-corrected chi connectivity index (χ1v) is 12.2. The molecule has 12 nitrogen and oxygen atoms in total. The van der Waals surface area contributed by atoms with Crippen LogP contribution in [0.1, 0.15) is 26.2 Å². The lowest BCUT2D eigenvalue weighted by Crippen LogP contribution is -2.33. The van der Waals surface area contributed by atoms with E-state index in [1.54, 1.807) is 0 Å². The van der Waals surface area contributed by atoms with Crippen LogP contribution >= 0.6 is 23.5 Å². The lowest BCUT2D eigenvalue weighted by Gasteiger charge is -2.33. The maximum atomic E-state index is 11.6. The fourth-order valence-corrected chi connectivity index (χ4v) is 6.09. The Morgan fingerprint density at radius 1 is 1.11 bits per heavy atom. The van der Waals surface area contributed by atoms with Gasteiger partial charge in [0.2, 0.25) is 0 Å². The van der Waals surface area contributed by atoms with Crippen molar-refractivity contribution in [1.82, 2.24) is 0 Å². The van der Waals surface area contributed by atoms with E-state index in [-0.39, 0.29) is 20.4 Å². The van der Waals surface area contributed by atoms with E-state index < -0.39 is 42.3 Å². The second kappa shape index (κ2) is 9.47. The molecule has 0 amide bonds. The molecule has 0 bridgehead atoms. The van der Waals surface area contributed by atoms with Gasteiger partial charge in [0.15, 0.2) is 0 Å². The molecule has 0 spiro atoms. The van der Waals surface area contributed by atoms with E-state index in [1.165, 1.54) is 7.11 Å². The number of phosphoric acid groups is 3. The van der Waals surface area contributed by atoms with Crippen molar-refractivity contribution >= 4 is 31.9 Å². The zero-order chi connectivity index (χ0) is 19.8. The first kappa shape index (κ1) is 25.4. The van der Waals surface area contributed by atoms with Crippen LogP contribution in [0.2, 0.25) is 0 Å². The summed E-state index contributed by atoms with van der Waals surface area (Å²) in [6.07, 6.45) is 1.68. The summed E-state index contributed by atoms with van der Waals surface area (Å²) in [5.74, 6) is 0.314. The van der Waals surface area contributed by atoms with Crippen LogP contribution in [0.15, 0.2) is 0 Å². The minimum atomic E-state index is -5.90. The third-order valence-electron chi connectivity index (χ3n) is 4.42. The van der Waals surface area contributed by atoms with Crippen molar-refractivity contribution in [1.29, 1.82) is 0 Å². The van der Waals surface area contributed by atoms with E-state index in [1.807, 2.05) is 6.92 Å². The van der Waals surface area contributed by atoms with E-state index in [0.29, 0.717) is 5.92 Å². The van der Waals surface area contributed by atoms with Crippen molar-refractivity contribution in [3.05, 3.63) is 0 Å². The molecule has 1 saturated carbocycles. The smallest absolute Gasteiger partial charge is 0.280 e. The Kier molecular flexibility index (Phi) is 8.92. The van der Waals surface area contributed by atoms with Gasteiger partial charge in [-0.15, -0.1) is 0 Å². The van der Waals surface area contributed by atoms with Gasteiger partial charge >= 0.3 is 0 Å². The Morgan fingerprint density at radius 2 is 1.70 bits per heavy atom. The van der Waals surface area contributed by atoms with E-state index in [9.17, 15) is 28.4 Å². The molecule has 1 heterocycles. The second-order valence-corrected chi connectivity index (χ2v) is 10.5. The van der Waals surface area contributed by atoms with Gasteiger partial charge in [-0.1, -0.05) is 13.3 Å². The van der Waals surface area contributed by atoms with Crippen molar-refractivity contribution < 1.29 is 55.9 Å². The molecule has 27 heavy (non-hydrogen) atoms. The monoisotopic (exact) mass is 448 g/mol. The molecule has 4 unspecified atom stereocenters. The van der Waals surface area contributed by atoms with Gasteiger partial charge in [0.1, 0.15) is 6.10 Å². The number of hydrogen-bond donors (Lipinski definition) is 1. The number of rotatable bonds is 9. The summed E-state index contributed by atoms with van der Waals surface area (Å²) in [5.41, 5.74) is 0. The highest BCUT2D eigenvalue weighted by Gasteiger charge is 2.47. The van der Waals surface area contributed by atoms with Crippen molar-refractivity contribution in [2.45, 2.75) is 44.5 Å². The van der Waals surface area contributed by atoms with Crippen LogP contribution in [-0.2, 0) is 36.3 Å². The number of hydrogen-bond acceptors (Lipinski definition) is 11. The topological polar surface area (TPSA) is 187 Å². The van der Waals surface area contributed by atoms with Crippen molar-refractivity contribution in [2.24, 2.45) is 11.8 Å². The maximum absolute atomic E-state index is 11.6. The summed E-state index contributed by atoms with van der Waals surface area (Å²) in [4.78, 5) is 41.5. The molecule has 16 heteroatoms. The Balaban J connectivity index is 0.00000364. The highest BCUT2D eigenvalue weighted by Crippen LogP contribution is 2.61. The Hall–Kier alpha value is 0.395. The second-order valence-electron chi connectivity index (χ2n) is 6.21. The van der Waals surface area contributed by atoms with Crippen LogP contribution in [0.3, 0.4) is 0 Å². The maximum Gasteiger partial charge on any atom is 0.280 e. The molecule has 1 aliphatic carbocycles. The van der Waals surface area contributed by atoms with Crippen molar-refractivity contribution in [3.63, 3.8) is 0 Å². The third-order valence-corrected chi connectivity index (χ3v) is 8.11. The minimum absolute atomic E-state index is 0. The van der Waals surface area contributed by atoms with Gasteiger partial charge in [0, 0.05) is 21.4 Å². The highest BCUT2D eigenvalue weighted by molar-refractivity contribution is 7.65. The zero-order valence-corrected chi connectivity index (χ0v) is 17.3. The van der Waals surface area contributed by atoms with E-state index in [4.69, 9.17) is 14.4 Å². The fourth-order valence-electron chi connectivity index (χ4n) is 3.19. The summed E-state index contributed by atoms with van der Waals surface area (Å²) >= 11 is 0. The SMILES string of the molecule is COC1[C@@H](COP(=O)([O-])OP(=O)([O-])OP(=O)([O-])O)O[C@@H](C2CCC2)[C@H]1C.[B]. The Bertz CT molecular complexity index is 636. The van der Waals surface area contributed by atoms with Crippen molar-refractivity contribution in [3.8, 4) is 0 Å². The lowest BCUT2D eigenvalue weighted by molar-refractivity contribution is -0.250. The molecule has 1 N–H and O–H groups in total. The summed E-state index contributed by atoms with van der Waals surface area (Å²) in [7, 11) is -15.7. The average molecular weight is 448 g/mol. The largest absolute Gasteiger partial charge is 0.756 e. The predicted octanol–water partition coefficient (Wildman–Crippen LogP) is -0.728. The molecule has 0 aromatic carbocycles. The molecule has 2 rings (SSSR count). The first-order chi connectivity index (χ1) is 11.8. The molecular formula is C11H20BO12P3-3. The molecule has 1 saturated heterocycles. The molecular weight excluding hydrogens is 428 g/mol. The van der Waals surface area contributed by atoms with Crippen molar-refractivity contribution in [2.75, 3.05) is 13.7 Å². The van der Waals surface area contributed by atoms with Gasteiger partial charge in [-0.2, -0.15) is 0 Å². The molecule has 3 radical (unpaired) electrons. The van der Waals surface area contributed by atoms with Crippen LogP contribution in [0.25, 0.3) is 0 Å². The summed E-state index contributed by atoms with van der Waals surface area (Å²) in [5, 5.41) is 0. The van der Waals surface area contributed by atoms with Gasteiger partial charge in [-0.3, -0.25) is 13.7 Å². The Morgan fingerprint density at radius 3 is 2.15 bits per heavy atom. The molecule has 157 valence electrons. The molecule has 1 aliphatic heterocycles. The van der Waals surface area contributed by atoms with Gasteiger partial charge in [-0.05, 0) is 18.8 Å². The average Bonchev–Trinajstić information content (AvgIpc) is 2.67. The predicted molar refractivity (Wildman–Crippen MR) is 84.9 cm³/mol. The molecule has 2 fully saturated rings. The van der Waals surface area contributed by atoms with Gasteiger partial charge < -0.3 is 33.6 Å². The van der Waals surface area contributed by atoms with E-state index in [2.05, 4.69) is 13.1 Å². The summed E-state index contributed by atoms with van der Waals surface area (Å²) in [6, 6.07) is 0. The number of methoxy groups -OCH3 is 1. The van der Waals surface area contributed by atoms with Gasteiger partial charge in [0.05, 0.1) is 18.8 Å². The standard InChI is InChI=1S/C11H23O12P3.B/c1-7-10(8-4-3-5-8)21-9(11(7)19-2)6-20-25(15,16)23-26(17,18)22-24(12,13)14;/h7-11H,3-6H2,1-2H3,(H,15,16)(H,17,18)(H2,12,13,14);/p-3/t7-,9-,10-,11?;/m1./s1. The van der Waals surface area contributed by atoms with Gasteiger partial charge in [-0.25, -0.2) is 8.62 Å².